The average Bonchev–Trinajstić information content (AvgIpc) is 3.49. The highest BCUT2D eigenvalue weighted by Gasteiger charge is 2.61. The maximum Gasteiger partial charge on any atom is 0.273 e. The minimum Gasteiger partial charge on any atom is -0.378 e. The Morgan fingerprint density at radius 1 is 1.18 bits per heavy atom. The predicted octanol–water partition coefficient (Wildman–Crippen LogP) is 2.57. The zero-order valence-corrected chi connectivity index (χ0v) is 18.7. The van der Waals surface area contributed by atoms with Gasteiger partial charge in [0.15, 0.2) is 6.10 Å². The molecule has 1 heterocycles. The highest BCUT2D eigenvalue weighted by Crippen LogP contribution is 2.55. The van der Waals surface area contributed by atoms with Gasteiger partial charge in [-0.25, -0.2) is 26.3 Å². The van der Waals surface area contributed by atoms with E-state index in [1.807, 2.05) is 0 Å². The molecule has 1 spiro atoms. The smallest absolute Gasteiger partial charge is 0.273 e. The third-order valence-corrected chi connectivity index (χ3v) is 7.21. The second kappa shape index (κ2) is 8.73. The van der Waals surface area contributed by atoms with Crippen molar-refractivity contribution in [2.75, 3.05) is 12.8 Å². The highest BCUT2D eigenvalue weighted by atomic mass is 32.2. The standard InChI is InChI=1S/C23H25F3N2O4S/c1-33(31,32)27-20-17(28(13-23(20)10-11-23)22(30)19(29)21(25)26)12-15-8-5-9-16(18(15)24)14-6-3-2-4-7-14/h2-9,17,19-21,27,29H,10-13H2,1H3/t17-,19+,20+/m0/s1. The molecule has 3 atom stereocenters. The molecule has 0 radical (unpaired) electrons. The summed E-state index contributed by atoms with van der Waals surface area (Å²) < 4.78 is 68.4. The molecule has 1 saturated carbocycles. The Morgan fingerprint density at radius 3 is 2.42 bits per heavy atom. The summed E-state index contributed by atoms with van der Waals surface area (Å²) in [5.41, 5.74) is 0.599. The molecule has 0 aromatic heterocycles. The number of hydrogen-bond acceptors (Lipinski definition) is 4. The van der Waals surface area contributed by atoms with Crippen LogP contribution in [0.25, 0.3) is 11.1 Å². The second-order valence-electron chi connectivity index (χ2n) is 8.89. The lowest BCUT2D eigenvalue weighted by molar-refractivity contribution is -0.149. The molecule has 1 aliphatic heterocycles. The minimum absolute atomic E-state index is 0.0213. The Bertz CT molecular complexity index is 1140. The fourth-order valence-electron chi connectivity index (χ4n) is 4.76. The monoisotopic (exact) mass is 482 g/mol. The Balaban J connectivity index is 1.72. The van der Waals surface area contributed by atoms with E-state index in [9.17, 15) is 27.1 Å². The summed E-state index contributed by atoms with van der Waals surface area (Å²) in [7, 11) is -3.70. The largest absolute Gasteiger partial charge is 0.378 e. The van der Waals surface area contributed by atoms with Crippen molar-refractivity contribution in [1.29, 1.82) is 0 Å². The molecule has 6 nitrogen and oxygen atoms in total. The quantitative estimate of drug-likeness (QED) is 0.635. The van der Waals surface area contributed by atoms with E-state index in [1.165, 1.54) is 6.07 Å². The highest BCUT2D eigenvalue weighted by molar-refractivity contribution is 7.88. The Morgan fingerprint density at radius 2 is 1.85 bits per heavy atom. The van der Waals surface area contributed by atoms with Gasteiger partial charge in [0.05, 0.1) is 12.3 Å². The van der Waals surface area contributed by atoms with Crippen LogP contribution in [0.2, 0.25) is 0 Å². The first-order chi connectivity index (χ1) is 15.5. The van der Waals surface area contributed by atoms with Gasteiger partial charge in [-0.2, -0.15) is 0 Å². The second-order valence-corrected chi connectivity index (χ2v) is 10.7. The topological polar surface area (TPSA) is 86.7 Å². The van der Waals surface area contributed by atoms with E-state index in [2.05, 4.69) is 4.72 Å². The molecular formula is C23H25F3N2O4S. The van der Waals surface area contributed by atoms with E-state index in [4.69, 9.17) is 0 Å². The lowest BCUT2D eigenvalue weighted by Crippen LogP contribution is -2.52. The number of sulfonamides is 1. The van der Waals surface area contributed by atoms with Gasteiger partial charge in [0.25, 0.3) is 12.3 Å². The Kier molecular flexibility index (Phi) is 6.28. The average molecular weight is 483 g/mol. The first-order valence-electron chi connectivity index (χ1n) is 10.6. The number of benzene rings is 2. The molecule has 2 N–H and O–H groups in total. The SMILES string of the molecule is CS(=O)(=O)N[C@@H]1[C@H](Cc2cccc(-c3ccccc3)c2F)N(C(=O)[C@H](O)C(F)F)CC12CC2. The minimum atomic E-state index is -3.70. The van der Waals surface area contributed by atoms with Gasteiger partial charge in [0.1, 0.15) is 5.82 Å². The number of likely N-dealkylation sites (tertiary alicyclic amines) is 1. The van der Waals surface area contributed by atoms with E-state index in [1.54, 1.807) is 42.5 Å². The van der Waals surface area contributed by atoms with Crippen LogP contribution in [0.15, 0.2) is 48.5 Å². The van der Waals surface area contributed by atoms with Gasteiger partial charge in [-0.15, -0.1) is 0 Å². The number of rotatable bonds is 7. The summed E-state index contributed by atoms with van der Waals surface area (Å²) in [6.45, 7) is 0.0213. The summed E-state index contributed by atoms with van der Waals surface area (Å²) in [5, 5.41) is 9.74. The van der Waals surface area contributed by atoms with E-state index in [0.717, 1.165) is 11.2 Å². The van der Waals surface area contributed by atoms with Gasteiger partial charge in [-0.05, 0) is 30.4 Å². The fraction of sp³-hybridized carbons (Fsp3) is 0.435. The molecule has 2 aromatic rings. The van der Waals surface area contributed by atoms with Crippen LogP contribution in [0.4, 0.5) is 13.2 Å². The Labute approximate surface area is 190 Å². The van der Waals surface area contributed by atoms with Crippen molar-refractivity contribution in [3.8, 4) is 11.1 Å². The van der Waals surface area contributed by atoms with Crippen molar-refractivity contribution in [2.45, 2.75) is 43.9 Å². The predicted molar refractivity (Wildman–Crippen MR) is 116 cm³/mol. The molecule has 10 heteroatoms. The van der Waals surface area contributed by atoms with Crippen LogP contribution >= 0.6 is 0 Å². The van der Waals surface area contributed by atoms with Gasteiger partial charge in [-0.1, -0.05) is 48.5 Å². The first kappa shape index (κ1) is 23.7. The number of halogens is 3. The van der Waals surface area contributed by atoms with Gasteiger partial charge in [0, 0.05) is 23.6 Å². The maximum atomic E-state index is 15.5. The van der Waals surface area contributed by atoms with Crippen molar-refractivity contribution in [3.63, 3.8) is 0 Å². The number of nitrogens with one attached hydrogen (secondary N) is 1. The molecule has 4 rings (SSSR count). The molecule has 1 saturated heterocycles. The molecule has 0 bridgehead atoms. The number of alkyl halides is 2. The van der Waals surface area contributed by atoms with Crippen LogP contribution in [-0.4, -0.2) is 61.7 Å². The van der Waals surface area contributed by atoms with E-state index < -0.39 is 51.8 Å². The maximum absolute atomic E-state index is 15.5. The number of aliphatic hydroxyl groups is 1. The molecule has 33 heavy (non-hydrogen) atoms. The summed E-state index contributed by atoms with van der Waals surface area (Å²) in [4.78, 5) is 13.8. The third kappa shape index (κ3) is 4.78. The van der Waals surface area contributed by atoms with Crippen LogP contribution in [0.5, 0.6) is 0 Å². The number of carbonyl (C=O) groups is 1. The molecular weight excluding hydrogens is 457 g/mol. The summed E-state index contributed by atoms with van der Waals surface area (Å²) in [5.74, 6) is -1.71. The van der Waals surface area contributed by atoms with Crippen LogP contribution in [-0.2, 0) is 21.2 Å². The number of carbonyl (C=O) groups excluding carboxylic acids is 1. The number of nitrogens with zero attached hydrogens (tertiary/aromatic N) is 1. The van der Waals surface area contributed by atoms with Crippen molar-refractivity contribution in [2.24, 2.45) is 5.41 Å². The van der Waals surface area contributed by atoms with Crippen LogP contribution < -0.4 is 4.72 Å². The fourth-order valence-corrected chi connectivity index (χ4v) is 5.63. The van der Waals surface area contributed by atoms with Crippen molar-refractivity contribution < 1.29 is 31.5 Å². The summed E-state index contributed by atoms with van der Waals surface area (Å²) in [6.07, 6.45) is -3.73. The normalized spacial score (nSPS) is 22.7. The molecule has 2 fully saturated rings. The number of amides is 1. The zero-order valence-electron chi connectivity index (χ0n) is 17.9. The number of hydrogen-bond donors (Lipinski definition) is 2. The Hall–Kier alpha value is -2.43. The summed E-state index contributed by atoms with van der Waals surface area (Å²) in [6, 6.07) is 11.9. The van der Waals surface area contributed by atoms with Crippen molar-refractivity contribution >= 4 is 15.9 Å². The van der Waals surface area contributed by atoms with Crippen molar-refractivity contribution in [3.05, 3.63) is 59.9 Å². The van der Waals surface area contributed by atoms with Gasteiger partial charge in [-0.3, -0.25) is 4.79 Å². The van der Waals surface area contributed by atoms with Crippen LogP contribution in [0, 0.1) is 11.2 Å². The molecule has 178 valence electrons. The lowest BCUT2D eigenvalue weighted by atomic mass is 9.91. The molecule has 2 aliphatic rings. The van der Waals surface area contributed by atoms with Gasteiger partial charge >= 0.3 is 0 Å². The van der Waals surface area contributed by atoms with Gasteiger partial charge < -0.3 is 10.0 Å². The van der Waals surface area contributed by atoms with E-state index >= 15 is 4.39 Å². The van der Waals surface area contributed by atoms with Crippen molar-refractivity contribution in [1.82, 2.24) is 9.62 Å². The van der Waals surface area contributed by atoms with E-state index in [-0.39, 0.29) is 18.5 Å². The number of aliphatic hydroxyl groups excluding tert-OH is 1. The molecule has 0 unspecified atom stereocenters. The molecule has 2 aromatic carbocycles. The van der Waals surface area contributed by atoms with Gasteiger partial charge in [0.2, 0.25) is 10.0 Å². The third-order valence-electron chi connectivity index (χ3n) is 6.53. The first-order valence-corrected chi connectivity index (χ1v) is 12.5. The van der Waals surface area contributed by atoms with Crippen LogP contribution in [0.1, 0.15) is 18.4 Å². The van der Waals surface area contributed by atoms with E-state index in [0.29, 0.717) is 24.0 Å². The zero-order chi connectivity index (χ0) is 24.0. The molecule has 1 amide bonds. The van der Waals surface area contributed by atoms with Crippen LogP contribution in [0.3, 0.4) is 0 Å². The summed E-state index contributed by atoms with van der Waals surface area (Å²) >= 11 is 0. The molecule has 1 aliphatic carbocycles. The lowest BCUT2D eigenvalue weighted by Gasteiger charge is -2.30.